The third kappa shape index (κ3) is 3.82. The third-order valence-corrected chi connectivity index (χ3v) is 6.30. The molecule has 1 aliphatic rings. The van der Waals surface area contributed by atoms with Gasteiger partial charge in [-0.05, 0) is 65.3 Å². The average Bonchev–Trinajstić information content (AvgIpc) is 3.22. The number of nitrogens with one attached hydrogen (secondary N) is 1. The summed E-state index contributed by atoms with van der Waals surface area (Å²) in [4.78, 5) is 26.9. The molecule has 154 valence electrons. The van der Waals surface area contributed by atoms with Gasteiger partial charge in [0, 0.05) is 32.1 Å². The fourth-order valence-corrected chi connectivity index (χ4v) is 4.36. The molecule has 1 heterocycles. The molecule has 1 N–H and O–H groups in total. The second kappa shape index (κ2) is 8.31. The van der Waals surface area contributed by atoms with Crippen LogP contribution in [0.5, 0.6) is 0 Å². The van der Waals surface area contributed by atoms with Crippen LogP contribution >= 0.6 is 0 Å². The van der Waals surface area contributed by atoms with Crippen molar-refractivity contribution < 1.29 is 9.59 Å². The summed E-state index contributed by atoms with van der Waals surface area (Å²) >= 11 is 0. The summed E-state index contributed by atoms with van der Waals surface area (Å²) < 4.78 is 0. The summed E-state index contributed by atoms with van der Waals surface area (Å²) in [5, 5.41) is 4.75. The number of amides is 2. The number of carbonyl (C=O) groups is 2. The third-order valence-electron chi connectivity index (χ3n) is 6.30. The Morgan fingerprint density at radius 3 is 2.50 bits per heavy atom. The van der Waals surface area contributed by atoms with Gasteiger partial charge in [0.05, 0.1) is 0 Å². The topological polar surface area (TPSA) is 49.4 Å². The molecule has 4 rings (SSSR count). The van der Waals surface area contributed by atoms with Gasteiger partial charge in [0.2, 0.25) is 5.91 Å². The number of nitrogens with zero attached hydrogens (tertiary/aromatic N) is 1. The smallest absolute Gasteiger partial charge is 0.254 e. The predicted octanol–water partition coefficient (Wildman–Crippen LogP) is 4.72. The van der Waals surface area contributed by atoms with E-state index in [1.54, 1.807) is 7.05 Å². The molecule has 1 fully saturated rings. The van der Waals surface area contributed by atoms with E-state index >= 15 is 0 Å². The Balaban J connectivity index is 1.67. The van der Waals surface area contributed by atoms with E-state index in [4.69, 9.17) is 0 Å². The van der Waals surface area contributed by atoms with Crippen molar-refractivity contribution in [3.05, 3.63) is 71.3 Å². The molecule has 0 saturated carbocycles. The van der Waals surface area contributed by atoms with Crippen molar-refractivity contribution in [2.45, 2.75) is 26.7 Å². The van der Waals surface area contributed by atoms with Crippen LogP contribution in [0.25, 0.3) is 21.9 Å². The summed E-state index contributed by atoms with van der Waals surface area (Å²) in [5.74, 6) is 0.324. The van der Waals surface area contributed by atoms with Crippen molar-refractivity contribution in [1.82, 2.24) is 10.2 Å². The molecule has 0 radical (unpaired) electrons. The van der Waals surface area contributed by atoms with Gasteiger partial charge in [0.25, 0.3) is 5.91 Å². The maximum absolute atomic E-state index is 13.3. The molecule has 30 heavy (non-hydrogen) atoms. The lowest BCUT2D eigenvalue weighted by Gasteiger charge is -2.19. The highest BCUT2D eigenvalue weighted by Gasteiger charge is 2.29. The first-order valence-corrected chi connectivity index (χ1v) is 10.6. The van der Waals surface area contributed by atoms with Gasteiger partial charge >= 0.3 is 0 Å². The number of hydrogen-bond acceptors (Lipinski definition) is 2. The first-order valence-electron chi connectivity index (χ1n) is 10.6. The van der Waals surface area contributed by atoms with Crippen LogP contribution in [0.2, 0.25) is 0 Å². The first-order chi connectivity index (χ1) is 14.5. The molecule has 0 spiro atoms. The molecule has 0 aliphatic carbocycles. The van der Waals surface area contributed by atoms with E-state index in [0.29, 0.717) is 19.5 Å². The molecule has 0 aromatic heterocycles. The van der Waals surface area contributed by atoms with E-state index in [2.05, 4.69) is 49.5 Å². The Morgan fingerprint density at radius 1 is 1.00 bits per heavy atom. The van der Waals surface area contributed by atoms with E-state index in [-0.39, 0.29) is 17.7 Å². The summed E-state index contributed by atoms with van der Waals surface area (Å²) in [6.45, 7) is 5.58. The van der Waals surface area contributed by atoms with E-state index < -0.39 is 0 Å². The van der Waals surface area contributed by atoms with Crippen LogP contribution in [0.3, 0.4) is 0 Å². The van der Waals surface area contributed by atoms with Gasteiger partial charge in [0.1, 0.15) is 0 Å². The minimum absolute atomic E-state index is 0.0393. The van der Waals surface area contributed by atoms with Crippen molar-refractivity contribution in [3.8, 4) is 11.1 Å². The lowest BCUT2D eigenvalue weighted by Crippen LogP contribution is -2.30. The van der Waals surface area contributed by atoms with Crippen LogP contribution in [-0.4, -0.2) is 36.9 Å². The molecule has 1 saturated heterocycles. The molecule has 2 amide bonds. The highest BCUT2D eigenvalue weighted by atomic mass is 16.2. The van der Waals surface area contributed by atoms with Crippen LogP contribution in [0.4, 0.5) is 0 Å². The van der Waals surface area contributed by atoms with E-state index in [9.17, 15) is 9.59 Å². The van der Waals surface area contributed by atoms with Gasteiger partial charge in [-0.25, -0.2) is 0 Å². The number of hydrogen-bond donors (Lipinski definition) is 1. The van der Waals surface area contributed by atoms with Crippen molar-refractivity contribution in [3.63, 3.8) is 0 Å². The number of aryl methyl sites for hydroxylation is 2. The van der Waals surface area contributed by atoms with Crippen molar-refractivity contribution in [2.75, 3.05) is 20.1 Å². The van der Waals surface area contributed by atoms with Crippen molar-refractivity contribution in [2.24, 2.45) is 5.92 Å². The van der Waals surface area contributed by atoms with Crippen LogP contribution in [0.1, 0.15) is 34.3 Å². The summed E-state index contributed by atoms with van der Waals surface area (Å²) in [6, 6.07) is 18.7. The van der Waals surface area contributed by atoms with Gasteiger partial charge < -0.3 is 10.2 Å². The average molecular weight is 401 g/mol. The maximum atomic E-state index is 13.3. The zero-order chi connectivity index (χ0) is 21.3. The fourth-order valence-electron chi connectivity index (χ4n) is 4.36. The van der Waals surface area contributed by atoms with Crippen LogP contribution in [0, 0.1) is 19.8 Å². The molecule has 1 aliphatic heterocycles. The molecule has 4 heteroatoms. The number of likely N-dealkylation sites (tertiary alicyclic amines) is 1. The molecule has 1 unspecified atom stereocenters. The summed E-state index contributed by atoms with van der Waals surface area (Å²) in [6.07, 6.45) is 1.35. The van der Waals surface area contributed by atoms with E-state index in [1.165, 1.54) is 16.7 Å². The highest BCUT2D eigenvalue weighted by Crippen LogP contribution is 2.33. The van der Waals surface area contributed by atoms with Crippen LogP contribution in [-0.2, 0) is 4.79 Å². The second-order valence-electron chi connectivity index (χ2n) is 8.29. The molecule has 3 aromatic rings. The van der Waals surface area contributed by atoms with Gasteiger partial charge in [-0.1, -0.05) is 48.5 Å². The SMILES string of the molecule is CNC(=O)CC1CCN(C(=O)c2ccc(-c3ccc(C)c(C)c3)c3ccccc23)C1. The Bertz CT molecular complexity index is 1120. The summed E-state index contributed by atoms with van der Waals surface area (Å²) in [5.41, 5.74) is 5.58. The van der Waals surface area contributed by atoms with Gasteiger partial charge in [-0.3, -0.25) is 9.59 Å². The Kier molecular flexibility index (Phi) is 5.58. The monoisotopic (exact) mass is 400 g/mol. The number of rotatable bonds is 4. The largest absolute Gasteiger partial charge is 0.359 e. The minimum atomic E-state index is 0.0393. The van der Waals surface area contributed by atoms with Gasteiger partial charge in [-0.15, -0.1) is 0 Å². The zero-order valence-electron chi connectivity index (χ0n) is 17.9. The lowest BCUT2D eigenvalue weighted by atomic mass is 9.93. The van der Waals surface area contributed by atoms with E-state index in [1.807, 2.05) is 29.2 Å². The Hall–Kier alpha value is -3.14. The number of carbonyl (C=O) groups excluding carboxylic acids is 2. The molecule has 3 aromatic carbocycles. The Morgan fingerprint density at radius 2 is 1.77 bits per heavy atom. The van der Waals surface area contributed by atoms with Gasteiger partial charge in [-0.2, -0.15) is 0 Å². The van der Waals surface area contributed by atoms with Crippen molar-refractivity contribution >= 4 is 22.6 Å². The molecule has 0 bridgehead atoms. The van der Waals surface area contributed by atoms with E-state index in [0.717, 1.165) is 28.3 Å². The molecular weight excluding hydrogens is 372 g/mol. The second-order valence-corrected chi connectivity index (χ2v) is 8.29. The summed E-state index contributed by atoms with van der Waals surface area (Å²) in [7, 11) is 1.66. The zero-order valence-corrected chi connectivity index (χ0v) is 17.9. The number of fused-ring (bicyclic) bond motifs is 1. The molecule has 4 nitrogen and oxygen atoms in total. The molecular formula is C26H28N2O2. The number of benzene rings is 3. The minimum Gasteiger partial charge on any atom is -0.359 e. The van der Waals surface area contributed by atoms with Gasteiger partial charge in [0.15, 0.2) is 0 Å². The lowest BCUT2D eigenvalue weighted by molar-refractivity contribution is -0.121. The van der Waals surface area contributed by atoms with Crippen molar-refractivity contribution in [1.29, 1.82) is 0 Å². The molecule has 1 atom stereocenters. The first kappa shape index (κ1) is 20.1. The quantitative estimate of drug-likeness (QED) is 0.689. The Labute approximate surface area is 177 Å². The van der Waals surface area contributed by atoms with Crippen LogP contribution in [0.15, 0.2) is 54.6 Å². The predicted molar refractivity (Wildman–Crippen MR) is 122 cm³/mol. The standard InChI is InChI=1S/C26H28N2O2/c1-17-8-9-20(14-18(17)2)21-10-11-24(23-7-5-4-6-22(21)23)26(30)28-13-12-19(16-28)15-25(29)27-3/h4-11,14,19H,12-13,15-16H2,1-3H3,(H,27,29). The maximum Gasteiger partial charge on any atom is 0.254 e. The normalized spacial score (nSPS) is 16.1. The highest BCUT2D eigenvalue weighted by molar-refractivity contribution is 6.11. The van der Waals surface area contributed by atoms with Crippen LogP contribution < -0.4 is 5.32 Å². The fraction of sp³-hybridized carbons (Fsp3) is 0.308.